The van der Waals surface area contributed by atoms with Gasteiger partial charge in [-0.2, -0.15) is 0 Å². The zero-order valence-electron chi connectivity index (χ0n) is 18.4. The predicted octanol–water partition coefficient (Wildman–Crippen LogP) is 3.62. The van der Waals surface area contributed by atoms with Crippen molar-refractivity contribution in [2.75, 3.05) is 12.3 Å². The quantitative estimate of drug-likeness (QED) is 0.519. The fourth-order valence-corrected chi connectivity index (χ4v) is 3.78. The van der Waals surface area contributed by atoms with Crippen LogP contribution in [-0.2, 0) is 22.0 Å². The number of aromatic nitrogens is 1. The van der Waals surface area contributed by atoms with Gasteiger partial charge < -0.3 is 14.4 Å². The minimum absolute atomic E-state index is 0.00953. The molecule has 0 aliphatic heterocycles. The monoisotopic (exact) mass is 455 g/mol. The molecule has 3 rings (SSSR count). The van der Waals surface area contributed by atoms with Crippen molar-refractivity contribution in [2.45, 2.75) is 38.5 Å². The summed E-state index contributed by atoms with van der Waals surface area (Å²) in [4.78, 5) is 12.2. The summed E-state index contributed by atoms with van der Waals surface area (Å²) in [6.07, 6.45) is 2.22. The number of nitrogens with one attached hydrogen (secondary N) is 1. The van der Waals surface area contributed by atoms with Crippen molar-refractivity contribution < 1.29 is 22.3 Å². The molecular weight excluding hydrogens is 428 g/mol. The van der Waals surface area contributed by atoms with Crippen LogP contribution in [0, 0.1) is 0 Å². The number of carbonyl (C=O) groups is 1. The van der Waals surface area contributed by atoms with Crippen molar-refractivity contribution in [1.82, 2.24) is 10.5 Å². The number of nitrogens with zero attached hydrogens (tertiary/aromatic N) is 1. The number of rotatable bonds is 8. The molecular formula is C24H27N2O5S-. The summed E-state index contributed by atoms with van der Waals surface area (Å²) in [6, 6.07) is 17.4. The van der Waals surface area contributed by atoms with Crippen LogP contribution in [0.5, 0.6) is 0 Å². The SMILES string of the molecule is CC(C)(C)c1ccc(C(Cc2ccc(C(=O)NCCS(=O)(=O)[O-])cc2)c2ccon2)cc1. The highest BCUT2D eigenvalue weighted by atomic mass is 32.2. The average Bonchev–Trinajstić information content (AvgIpc) is 3.25. The summed E-state index contributed by atoms with van der Waals surface area (Å²) in [5.41, 5.74) is 4.67. The maximum Gasteiger partial charge on any atom is 0.251 e. The van der Waals surface area contributed by atoms with E-state index in [1.807, 2.05) is 18.2 Å². The Morgan fingerprint density at radius 3 is 2.25 bits per heavy atom. The Morgan fingerprint density at radius 1 is 1.06 bits per heavy atom. The first kappa shape index (κ1) is 23.7. The van der Waals surface area contributed by atoms with Crippen LogP contribution >= 0.6 is 0 Å². The Morgan fingerprint density at radius 2 is 1.72 bits per heavy atom. The molecule has 0 radical (unpaired) electrons. The first-order chi connectivity index (χ1) is 15.0. The van der Waals surface area contributed by atoms with Gasteiger partial charge in [0.15, 0.2) is 0 Å². The number of hydrogen-bond acceptors (Lipinski definition) is 6. The maximum atomic E-state index is 12.2. The van der Waals surface area contributed by atoms with Gasteiger partial charge in [-0.3, -0.25) is 4.79 Å². The molecule has 8 heteroatoms. The normalized spacial score (nSPS) is 13.0. The van der Waals surface area contributed by atoms with E-state index in [-0.39, 0.29) is 17.9 Å². The Bertz CT molecular complexity index is 1130. The zero-order chi connectivity index (χ0) is 23.4. The minimum atomic E-state index is -4.36. The molecule has 7 nitrogen and oxygen atoms in total. The van der Waals surface area contributed by atoms with E-state index in [0.717, 1.165) is 16.8 Å². The van der Waals surface area contributed by atoms with Crippen LogP contribution in [-0.4, -0.2) is 36.3 Å². The summed E-state index contributed by atoms with van der Waals surface area (Å²) in [5, 5.41) is 6.59. The molecule has 0 aliphatic rings. The molecule has 1 heterocycles. The zero-order valence-corrected chi connectivity index (χ0v) is 19.2. The summed E-state index contributed by atoms with van der Waals surface area (Å²) in [7, 11) is -4.36. The van der Waals surface area contributed by atoms with Gasteiger partial charge in [-0.05, 0) is 40.7 Å². The Hall–Kier alpha value is -2.97. The van der Waals surface area contributed by atoms with Crippen LogP contribution in [0.25, 0.3) is 0 Å². The number of benzene rings is 2. The molecule has 3 aromatic rings. The van der Waals surface area contributed by atoms with Crippen LogP contribution in [0.3, 0.4) is 0 Å². The second-order valence-electron chi connectivity index (χ2n) is 8.77. The van der Waals surface area contributed by atoms with Crippen LogP contribution in [0.4, 0.5) is 0 Å². The van der Waals surface area contributed by atoms with Crippen LogP contribution in [0.15, 0.2) is 65.4 Å². The van der Waals surface area contributed by atoms with Gasteiger partial charge in [0.25, 0.3) is 5.91 Å². The molecule has 0 spiro atoms. The fraction of sp³-hybridized carbons (Fsp3) is 0.333. The Balaban J connectivity index is 1.74. The van der Waals surface area contributed by atoms with Gasteiger partial charge in [0.2, 0.25) is 0 Å². The first-order valence-corrected chi connectivity index (χ1v) is 11.9. The molecule has 1 amide bonds. The largest absolute Gasteiger partial charge is 0.748 e. The van der Waals surface area contributed by atoms with E-state index in [1.165, 1.54) is 5.56 Å². The highest BCUT2D eigenvalue weighted by Gasteiger charge is 2.20. The first-order valence-electron chi connectivity index (χ1n) is 10.3. The number of amides is 1. The maximum absolute atomic E-state index is 12.2. The average molecular weight is 456 g/mol. The van der Waals surface area contributed by atoms with Gasteiger partial charge in [0.1, 0.15) is 6.26 Å². The molecule has 0 fully saturated rings. The third-order valence-corrected chi connectivity index (χ3v) is 5.99. The summed E-state index contributed by atoms with van der Waals surface area (Å²) in [6.45, 7) is 6.31. The highest BCUT2D eigenvalue weighted by Crippen LogP contribution is 2.30. The summed E-state index contributed by atoms with van der Waals surface area (Å²) < 4.78 is 37.1. The molecule has 1 N–H and O–H groups in total. The number of carbonyl (C=O) groups excluding carboxylic acids is 1. The summed E-state index contributed by atoms with van der Waals surface area (Å²) >= 11 is 0. The Labute approximate surface area is 188 Å². The van der Waals surface area contributed by atoms with Gasteiger partial charge in [-0.15, -0.1) is 0 Å². The van der Waals surface area contributed by atoms with Crippen LogP contribution < -0.4 is 5.32 Å². The predicted molar refractivity (Wildman–Crippen MR) is 121 cm³/mol. The Kier molecular flexibility index (Phi) is 7.16. The standard InChI is InChI=1S/C24H28N2O5S/c1-24(2,3)20-10-8-18(9-11-20)21(22-12-14-31-26-22)16-17-4-6-19(7-5-17)23(27)25-13-15-32(28,29)30/h4-12,14,21H,13,15-16H2,1-3H3,(H,25,27)(H,28,29,30)/p-1. The molecule has 1 atom stereocenters. The lowest BCUT2D eigenvalue weighted by atomic mass is 9.84. The van der Waals surface area contributed by atoms with Gasteiger partial charge in [-0.25, -0.2) is 8.42 Å². The molecule has 1 aromatic heterocycles. The topological polar surface area (TPSA) is 112 Å². The van der Waals surface area contributed by atoms with Crippen molar-refractivity contribution in [3.8, 4) is 0 Å². The van der Waals surface area contributed by atoms with Gasteiger partial charge in [0, 0.05) is 24.1 Å². The third kappa shape index (κ3) is 6.51. The van der Waals surface area contributed by atoms with E-state index in [4.69, 9.17) is 4.52 Å². The van der Waals surface area contributed by atoms with E-state index in [9.17, 15) is 17.8 Å². The fourth-order valence-electron chi connectivity index (χ4n) is 3.43. The lowest BCUT2D eigenvalue weighted by molar-refractivity contribution is 0.0956. The molecule has 0 saturated heterocycles. The van der Waals surface area contributed by atoms with E-state index in [0.29, 0.717) is 12.0 Å². The minimum Gasteiger partial charge on any atom is -0.748 e. The molecule has 0 aliphatic carbocycles. The van der Waals surface area contributed by atoms with E-state index >= 15 is 0 Å². The van der Waals surface area contributed by atoms with Gasteiger partial charge in [-0.1, -0.05) is 62.3 Å². The number of hydrogen-bond donors (Lipinski definition) is 1. The molecule has 0 saturated carbocycles. The molecule has 32 heavy (non-hydrogen) atoms. The van der Waals surface area contributed by atoms with Crippen LogP contribution in [0.2, 0.25) is 0 Å². The van der Waals surface area contributed by atoms with Crippen molar-refractivity contribution in [3.63, 3.8) is 0 Å². The molecule has 0 bridgehead atoms. The van der Waals surface area contributed by atoms with Crippen molar-refractivity contribution >= 4 is 16.0 Å². The molecule has 2 aromatic carbocycles. The van der Waals surface area contributed by atoms with E-state index < -0.39 is 21.8 Å². The second kappa shape index (κ2) is 9.67. The third-order valence-electron chi connectivity index (χ3n) is 5.29. The summed E-state index contributed by atoms with van der Waals surface area (Å²) in [5.74, 6) is -1.07. The smallest absolute Gasteiger partial charge is 0.251 e. The second-order valence-corrected chi connectivity index (χ2v) is 10.3. The van der Waals surface area contributed by atoms with Crippen molar-refractivity contribution in [3.05, 3.63) is 88.8 Å². The molecule has 1 unspecified atom stereocenters. The van der Waals surface area contributed by atoms with Crippen molar-refractivity contribution in [2.24, 2.45) is 0 Å². The van der Waals surface area contributed by atoms with E-state index in [2.05, 4.69) is 55.5 Å². The van der Waals surface area contributed by atoms with Gasteiger partial charge in [0.05, 0.1) is 21.6 Å². The lowest BCUT2D eigenvalue weighted by Crippen LogP contribution is -2.28. The van der Waals surface area contributed by atoms with Gasteiger partial charge >= 0.3 is 0 Å². The highest BCUT2D eigenvalue weighted by molar-refractivity contribution is 7.85. The lowest BCUT2D eigenvalue weighted by Gasteiger charge is -2.21. The van der Waals surface area contributed by atoms with Crippen molar-refractivity contribution in [1.29, 1.82) is 0 Å². The van der Waals surface area contributed by atoms with Crippen LogP contribution in [0.1, 0.15) is 59.4 Å². The molecule has 170 valence electrons. The van der Waals surface area contributed by atoms with E-state index in [1.54, 1.807) is 18.4 Å².